The van der Waals surface area contributed by atoms with Gasteiger partial charge in [0.25, 0.3) is 5.56 Å². The first-order chi connectivity index (χ1) is 8.40. The normalized spacial score (nSPS) is 14.6. The van der Waals surface area contributed by atoms with Gasteiger partial charge in [0.1, 0.15) is 0 Å². The van der Waals surface area contributed by atoms with Crippen LogP contribution in [-0.4, -0.2) is 21.4 Å². The van der Waals surface area contributed by atoms with Crippen molar-refractivity contribution in [1.82, 2.24) is 14.9 Å². The molecule has 1 aliphatic rings. The van der Waals surface area contributed by atoms with Crippen molar-refractivity contribution in [3.63, 3.8) is 0 Å². The molecule has 1 aromatic heterocycles. The molecule has 7 nitrogen and oxygen atoms in total. The number of piperidine rings is 1. The quantitative estimate of drug-likeness (QED) is 0.591. The fourth-order valence-electron chi connectivity index (χ4n) is 1.38. The highest BCUT2D eigenvalue weighted by Gasteiger charge is 2.12. The van der Waals surface area contributed by atoms with E-state index in [9.17, 15) is 19.2 Å². The lowest BCUT2D eigenvalue weighted by atomic mass is 10.1. The molecule has 2 heterocycles. The molecule has 1 aliphatic heterocycles. The highest BCUT2D eigenvalue weighted by atomic mass is 16.2. The molecule has 0 aliphatic carbocycles. The number of amides is 2. The summed E-state index contributed by atoms with van der Waals surface area (Å²) < 4.78 is 1.33. The Bertz CT molecular complexity index is 525. The zero-order valence-electron chi connectivity index (χ0n) is 10.3. The Labute approximate surface area is 103 Å². The molecule has 0 unspecified atom stereocenters. The van der Waals surface area contributed by atoms with E-state index in [0.29, 0.717) is 24.8 Å². The van der Waals surface area contributed by atoms with Crippen molar-refractivity contribution in [3.05, 3.63) is 32.6 Å². The van der Waals surface area contributed by atoms with Crippen LogP contribution >= 0.6 is 0 Å². The predicted octanol–water partition coefficient (Wildman–Crippen LogP) is -0.805. The number of carbonyl (C=O) groups is 2. The fourth-order valence-corrected chi connectivity index (χ4v) is 1.38. The van der Waals surface area contributed by atoms with Crippen LogP contribution in [-0.2, 0) is 16.6 Å². The van der Waals surface area contributed by atoms with Crippen molar-refractivity contribution in [2.75, 3.05) is 0 Å². The molecule has 0 spiro atoms. The zero-order chi connectivity index (χ0) is 13.7. The average molecular weight is 253 g/mol. The number of carbonyl (C=O) groups excluding carboxylic acids is 2. The van der Waals surface area contributed by atoms with Crippen LogP contribution in [0.2, 0.25) is 0 Å². The Hall–Kier alpha value is -2.18. The van der Waals surface area contributed by atoms with Gasteiger partial charge in [0.05, 0.1) is 0 Å². The van der Waals surface area contributed by atoms with Crippen molar-refractivity contribution < 1.29 is 9.59 Å². The Morgan fingerprint density at radius 3 is 2.06 bits per heavy atom. The first kappa shape index (κ1) is 13.9. The number of nitrogens with one attached hydrogen (secondary N) is 2. The molecule has 0 radical (unpaired) electrons. The minimum absolute atomic E-state index is 0.138. The molecule has 1 aromatic rings. The topological polar surface area (TPSA) is 101 Å². The van der Waals surface area contributed by atoms with E-state index in [1.807, 2.05) is 0 Å². The Morgan fingerprint density at radius 1 is 1.11 bits per heavy atom. The summed E-state index contributed by atoms with van der Waals surface area (Å²) in [6.45, 7) is 1.65. The van der Waals surface area contributed by atoms with Gasteiger partial charge in [-0.1, -0.05) is 0 Å². The van der Waals surface area contributed by atoms with Crippen LogP contribution in [0.5, 0.6) is 0 Å². The maximum Gasteiger partial charge on any atom is 0.328 e. The third-order valence-corrected chi connectivity index (χ3v) is 2.37. The summed E-state index contributed by atoms with van der Waals surface area (Å²) in [5, 5.41) is 2.20. The van der Waals surface area contributed by atoms with E-state index in [1.165, 1.54) is 10.8 Å². The first-order valence-electron chi connectivity index (χ1n) is 5.49. The van der Waals surface area contributed by atoms with Crippen LogP contribution in [0.15, 0.2) is 15.8 Å². The number of imide groups is 1. The van der Waals surface area contributed by atoms with Crippen LogP contribution in [0.25, 0.3) is 0 Å². The second-order valence-corrected chi connectivity index (χ2v) is 4.01. The average Bonchev–Trinajstić information content (AvgIpc) is 2.27. The standard InChI is InChI=1S/C6H8N2O2.C5H7NO2/c1-4-3-8(2)6(10)7-5(4)9;7-4-2-1-3-5(8)6-4/h3H,1-2H3,(H,7,9,10);1-3H2,(H,6,7,8). The van der Waals surface area contributed by atoms with Gasteiger partial charge in [-0.15, -0.1) is 0 Å². The van der Waals surface area contributed by atoms with Crippen LogP contribution in [0.1, 0.15) is 24.8 Å². The Kier molecular flexibility index (Phi) is 4.59. The van der Waals surface area contributed by atoms with Gasteiger partial charge in [-0.2, -0.15) is 0 Å². The SMILES string of the molecule is Cc1cn(C)c(=O)[nH]c1=O.O=C1CCCC(=O)N1. The molecular weight excluding hydrogens is 238 g/mol. The van der Waals surface area contributed by atoms with Gasteiger partial charge in [0.15, 0.2) is 0 Å². The van der Waals surface area contributed by atoms with Gasteiger partial charge in [-0.3, -0.25) is 24.7 Å². The second-order valence-electron chi connectivity index (χ2n) is 4.01. The molecule has 1 fully saturated rings. The van der Waals surface area contributed by atoms with E-state index >= 15 is 0 Å². The predicted molar refractivity (Wildman–Crippen MR) is 64.0 cm³/mol. The van der Waals surface area contributed by atoms with Crippen molar-refractivity contribution in [2.45, 2.75) is 26.2 Å². The summed E-state index contributed by atoms with van der Waals surface area (Å²) in [7, 11) is 1.59. The third kappa shape index (κ3) is 4.00. The molecule has 2 amide bonds. The number of aromatic nitrogens is 2. The van der Waals surface area contributed by atoms with E-state index < -0.39 is 0 Å². The summed E-state index contributed by atoms with van der Waals surface area (Å²) in [5.74, 6) is -0.275. The lowest BCUT2D eigenvalue weighted by Gasteiger charge is -2.07. The molecule has 0 saturated carbocycles. The van der Waals surface area contributed by atoms with Crippen LogP contribution < -0.4 is 16.6 Å². The number of rotatable bonds is 0. The van der Waals surface area contributed by atoms with Gasteiger partial charge in [-0.05, 0) is 13.3 Å². The van der Waals surface area contributed by atoms with Crippen LogP contribution in [0, 0.1) is 6.92 Å². The molecule has 2 rings (SSSR count). The lowest BCUT2D eigenvalue weighted by Crippen LogP contribution is -2.33. The molecule has 1 saturated heterocycles. The molecule has 0 bridgehead atoms. The molecule has 0 atom stereocenters. The van der Waals surface area contributed by atoms with Gasteiger partial charge < -0.3 is 4.57 Å². The minimum Gasteiger partial charge on any atom is -0.303 e. The molecule has 18 heavy (non-hydrogen) atoms. The van der Waals surface area contributed by atoms with Gasteiger partial charge in [-0.25, -0.2) is 4.79 Å². The zero-order valence-corrected chi connectivity index (χ0v) is 10.3. The van der Waals surface area contributed by atoms with Gasteiger partial charge in [0.2, 0.25) is 11.8 Å². The third-order valence-electron chi connectivity index (χ3n) is 2.37. The number of H-pyrrole nitrogens is 1. The van der Waals surface area contributed by atoms with E-state index in [2.05, 4.69) is 10.3 Å². The monoisotopic (exact) mass is 253 g/mol. The molecular formula is C11H15N3O4. The van der Waals surface area contributed by atoms with E-state index in [4.69, 9.17) is 0 Å². The van der Waals surface area contributed by atoms with Crippen LogP contribution in [0.3, 0.4) is 0 Å². The van der Waals surface area contributed by atoms with E-state index in [1.54, 1.807) is 14.0 Å². The summed E-state index contributed by atoms with van der Waals surface area (Å²) in [6.07, 6.45) is 3.23. The Morgan fingerprint density at radius 2 is 1.67 bits per heavy atom. The molecule has 7 heteroatoms. The minimum atomic E-state index is -0.379. The number of nitrogens with zero attached hydrogens (tertiary/aromatic N) is 1. The number of aryl methyl sites for hydroxylation is 2. The summed E-state index contributed by atoms with van der Waals surface area (Å²) in [4.78, 5) is 44.3. The van der Waals surface area contributed by atoms with Crippen molar-refractivity contribution in [2.24, 2.45) is 7.05 Å². The fraction of sp³-hybridized carbons (Fsp3) is 0.455. The number of hydrogen-bond acceptors (Lipinski definition) is 4. The maximum absolute atomic E-state index is 10.7. The second kappa shape index (κ2) is 5.95. The van der Waals surface area contributed by atoms with E-state index in [-0.39, 0.29) is 23.1 Å². The van der Waals surface area contributed by atoms with E-state index in [0.717, 1.165) is 0 Å². The maximum atomic E-state index is 10.7. The lowest BCUT2D eigenvalue weighted by molar-refractivity contribution is -0.132. The van der Waals surface area contributed by atoms with Crippen LogP contribution in [0.4, 0.5) is 0 Å². The molecule has 0 aromatic carbocycles. The van der Waals surface area contributed by atoms with Crippen molar-refractivity contribution in [1.29, 1.82) is 0 Å². The number of hydrogen-bond donors (Lipinski definition) is 2. The largest absolute Gasteiger partial charge is 0.328 e. The van der Waals surface area contributed by atoms with Gasteiger partial charge >= 0.3 is 5.69 Å². The van der Waals surface area contributed by atoms with Crippen molar-refractivity contribution in [3.8, 4) is 0 Å². The summed E-state index contributed by atoms with van der Waals surface area (Å²) in [6, 6.07) is 0. The highest BCUT2D eigenvalue weighted by Crippen LogP contribution is 2.00. The highest BCUT2D eigenvalue weighted by molar-refractivity contribution is 5.97. The number of aromatic amines is 1. The van der Waals surface area contributed by atoms with Gasteiger partial charge in [0, 0.05) is 31.6 Å². The summed E-state index contributed by atoms with van der Waals surface area (Å²) in [5.41, 5.74) is -0.152. The molecule has 98 valence electrons. The first-order valence-corrected chi connectivity index (χ1v) is 5.49. The molecule has 2 N–H and O–H groups in total. The van der Waals surface area contributed by atoms with Crippen molar-refractivity contribution >= 4 is 11.8 Å². The summed E-state index contributed by atoms with van der Waals surface area (Å²) >= 11 is 0. The Balaban J connectivity index is 0.000000184. The smallest absolute Gasteiger partial charge is 0.303 e.